The quantitative estimate of drug-likeness (QED) is 0.171. The summed E-state index contributed by atoms with van der Waals surface area (Å²) in [5.41, 5.74) is 3.28. The first-order valence-corrected chi connectivity index (χ1v) is 21.7. The highest BCUT2D eigenvalue weighted by atomic mass is 16.5. The van der Waals surface area contributed by atoms with Gasteiger partial charge in [0.2, 0.25) is 11.8 Å². The Kier molecular flexibility index (Phi) is 11.3. The van der Waals surface area contributed by atoms with E-state index < -0.39 is 57.1 Å². The molecule has 0 bridgehead atoms. The monoisotopic (exact) mass is 869 g/mol. The highest BCUT2D eigenvalue weighted by molar-refractivity contribution is 6.76. The molecule has 3 aromatic carbocycles. The van der Waals surface area contributed by atoms with E-state index in [1.807, 2.05) is 38.1 Å². The topological polar surface area (TPSA) is 184 Å². The van der Waals surface area contributed by atoms with Crippen molar-refractivity contribution in [1.29, 1.82) is 0 Å². The van der Waals surface area contributed by atoms with Gasteiger partial charge < -0.3 is 44.6 Å². The molecule has 6 atom stereocenters. The van der Waals surface area contributed by atoms with Crippen LogP contribution in [0.3, 0.4) is 0 Å². The van der Waals surface area contributed by atoms with Crippen LogP contribution in [0.5, 0.6) is 5.75 Å². The number of nitrogens with one attached hydrogen (secondary N) is 4. The van der Waals surface area contributed by atoms with Crippen molar-refractivity contribution < 1.29 is 33.4 Å². The van der Waals surface area contributed by atoms with Gasteiger partial charge in [0.1, 0.15) is 45.2 Å². The first kappa shape index (κ1) is 45.6. The number of rotatable bonds is 8. The van der Waals surface area contributed by atoms with Crippen molar-refractivity contribution >= 4 is 108 Å². The predicted octanol–water partition coefficient (Wildman–Crippen LogP) is 2.96. The maximum Gasteiger partial charge on any atom is 0.407 e. The van der Waals surface area contributed by atoms with Crippen molar-refractivity contribution in [3.63, 3.8) is 0 Å². The van der Waals surface area contributed by atoms with Gasteiger partial charge in [0, 0.05) is 23.4 Å². The lowest BCUT2D eigenvalue weighted by Crippen LogP contribution is -2.71. The molecule has 2 aromatic heterocycles. The molecule has 6 heterocycles. The first-order valence-electron chi connectivity index (χ1n) is 21.7. The zero-order chi connectivity index (χ0) is 47.2. The summed E-state index contributed by atoms with van der Waals surface area (Å²) >= 11 is 0. The normalized spacial score (nSPS) is 25.0. The molecule has 66 heavy (non-hydrogen) atoms. The molecule has 4 aliphatic rings. The molecule has 15 nitrogen and oxygen atoms in total. The number of aromatic amines is 2. The number of fused-ring (bicyclic) bond motifs is 7. The van der Waals surface area contributed by atoms with Crippen LogP contribution in [0.2, 0.25) is 15.5 Å². The van der Waals surface area contributed by atoms with Crippen molar-refractivity contribution in [2.45, 2.75) is 91.2 Å². The highest BCUT2D eigenvalue weighted by Crippen LogP contribution is 2.65. The number of H-pyrrole nitrogens is 2. The number of methoxy groups -OCH3 is 2. The first-order chi connectivity index (χ1) is 31.2. The molecule has 4 N–H and O–H groups in total. The van der Waals surface area contributed by atoms with Crippen molar-refractivity contribution in [2.24, 2.45) is 5.92 Å². The van der Waals surface area contributed by atoms with Gasteiger partial charge >= 0.3 is 12.2 Å². The van der Waals surface area contributed by atoms with E-state index in [4.69, 9.17) is 79.1 Å². The summed E-state index contributed by atoms with van der Waals surface area (Å²) in [6.45, 7) is 4.62. The molecule has 2 unspecified atom stereocenters. The molecule has 0 aliphatic carbocycles. The van der Waals surface area contributed by atoms with Crippen LogP contribution in [0.4, 0.5) is 9.59 Å². The molecule has 15 radical (unpaired) electrons. The Morgan fingerprint density at radius 1 is 0.939 bits per heavy atom. The fourth-order valence-corrected chi connectivity index (χ4v) is 10.3. The van der Waals surface area contributed by atoms with Crippen LogP contribution in [0, 0.1) is 5.92 Å². The number of hydrogen-bond donors (Lipinski definition) is 4. The van der Waals surface area contributed by atoms with Gasteiger partial charge in [0.05, 0.1) is 102 Å². The largest absolute Gasteiger partial charge is 0.488 e. The van der Waals surface area contributed by atoms with E-state index in [1.54, 1.807) is 11.1 Å². The third-order valence-electron chi connectivity index (χ3n) is 13.8. The summed E-state index contributed by atoms with van der Waals surface area (Å²) in [6.07, 6.45) is 2.33. The molecule has 3 saturated heterocycles. The van der Waals surface area contributed by atoms with E-state index in [0.29, 0.717) is 54.4 Å². The fourth-order valence-electron chi connectivity index (χ4n) is 10.3. The number of hydrogen-bond acceptors (Lipinski definition) is 9. The third-order valence-corrected chi connectivity index (χ3v) is 13.8. The number of aromatic nitrogens is 4. The lowest BCUT2D eigenvalue weighted by atomic mass is 9.08. The molecular formula is C43H41B8N8O7. The van der Waals surface area contributed by atoms with Gasteiger partial charge in [0.15, 0.2) is 0 Å². The van der Waals surface area contributed by atoms with Crippen molar-refractivity contribution in [3.8, 4) is 28.1 Å². The number of alkyl carbamates (subject to hydrolysis) is 2. The van der Waals surface area contributed by atoms with Gasteiger partial charge in [-0.2, -0.15) is 0 Å². The summed E-state index contributed by atoms with van der Waals surface area (Å²) in [5, 5.41) is -0.530. The molecule has 4 amide bonds. The summed E-state index contributed by atoms with van der Waals surface area (Å²) in [7, 11) is 48.9. The average molecular weight is 868 g/mol. The van der Waals surface area contributed by atoms with Gasteiger partial charge in [-0.25, -0.2) is 19.6 Å². The summed E-state index contributed by atoms with van der Waals surface area (Å²) in [5.74, 6) is -0.167. The van der Waals surface area contributed by atoms with Crippen LogP contribution in [-0.4, -0.2) is 154 Å². The van der Waals surface area contributed by atoms with E-state index in [1.165, 1.54) is 19.3 Å². The van der Waals surface area contributed by atoms with E-state index in [0.717, 1.165) is 58.7 Å². The highest BCUT2D eigenvalue weighted by Gasteiger charge is 2.65. The van der Waals surface area contributed by atoms with Crippen molar-refractivity contribution in [3.05, 3.63) is 65.9 Å². The molecule has 23 heteroatoms. The SMILES string of the molecule is [B]C([B])([B])C1([B])C([B])([B])[B][C@H]2CC[C@@H](c3nc4c(ccc5cc6c(cc54)OCc4cc(-c5cnc([C@@H]7CCCN7C(=O)C(NC(=O)OC)C(C)C)[nH]5)ccc4-6)[nH]3)N2C(=O)[C@@]1([B])NC(=O)OC. The van der Waals surface area contributed by atoms with E-state index in [-0.39, 0.29) is 17.9 Å². The van der Waals surface area contributed by atoms with Crippen molar-refractivity contribution in [1.82, 2.24) is 40.4 Å². The van der Waals surface area contributed by atoms with E-state index in [9.17, 15) is 19.2 Å². The van der Waals surface area contributed by atoms with E-state index >= 15 is 0 Å². The Balaban J connectivity index is 0.996. The maximum absolute atomic E-state index is 14.8. The van der Waals surface area contributed by atoms with Crippen LogP contribution in [-0.2, 0) is 25.7 Å². The molecule has 4 aliphatic heterocycles. The molecule has 3 fully saturated rings. The molecule has 9 rings (SSSR count). The number of carbonyl (C=O) groups excluding carboxylic acids is 4. The lowest BCUT2D eigenvalue weighted by Gasteiger charge is -2.63. The second-order valence-electron chi connectivity index (χ2n) is 18.2. The number of carbonyl (C=O) groups is 4. The number of benzene rings is 3. The fraction of sp³-hybridized carbons (Fsp3) is 0.442. The number of nitrogens with zero attached hydrogens (tertiary/aromatic N) is 4. The molecule has 0 saturated carbocycles. The molecule has 5 aromatic rings. The lowest BCUT2D eigenvalue weighted by molar-refractivity contribution is -0.138. The van der Waals surface area contributed by atoms with Gasteiger partial charge in [-0.1, -0.05) is 37.4 Å². The third kappa shape index (κ3) is 7.12. The number of likely N-dealkylation sites (tertiary alicyclic amines) is 1. The van der Waals surface area contributed by atoms with E-state index in [2.05, 4.69) is 38.8 Å². The maximum atomic E-state index is 14.8. The van der Waals surface area contributed by atoms with Crippen LogP contribution in [0.1, 0.15) is 68.8 Å². The summed E-state index contributed by atoms with van der Waals surface area (Å²) in [6, 6.07) is 12.4. The van der Waals surface area contributed by atoms with Crippen LogP contribution in [0.25, 0.3) is 44.2 Å². The predicted molar refractivity (Wildman–Crippen MR) is 254 cm³/mol. The smallest absolute Gasteiger partial charge is 0.407 e. The Bertz CT molecular complexity index is 2800. The molecular weight excluding hydrogens is 827 g/mol. The zero-order valence-electron chi connectivity index (χ0n) is 37.0. The summed E-state index contributed by atoms with van der Waals surface area (Å²) in [4.78, 5) is 73.0. The Hall–Kier alpha value is -5.60. The molecule has 0 spiro atoms. The second-order valence-corrected chi connectivity index (χ2v) is 18.2. The minimum atomic E-state index is -2.66. The zero-order valence-corrected chi connectivity index (χ0v) is 37.0. The summed E-state index contributed by atoms with van der Waals surface area (Å²) < 4.78 is 16.0. The second kappa shape index (κ2) is 16.3. The van der Waals surface area contributed by atoms with Crippen molar-refractivity contribution in [2.75, 3.05) is 20.8 Å². The standard InChI is InChI=1S/C43H41B8N8O7/c1-19(2)32(56-38(62)64-3)36(60)58-13-5-6-28(58)34-52-17-27(54-34)21-7-9-23-22(14-21)18-66-30-16-24-20(15-25(23)30)8-10-26-33(24)55-35(53-26)29-11-12-31-51-43(49,50)41(45,42(46,47)48)40(44,37(61)59(29)31)57-39(63)65-4/h7-10,14-17,19,28-29,31-32H,5-6,11-13,18H2,1-4H3,(H,52,54)(H,53,55)(H,56,62)(H,57,63)/t28-,29-,31+,32?,40+,41?/m0/s1. The van der Waals surface area contributed by atoms with Crippen LogP contribution < -0.4 is 15.4 Å². The minimum absolute atomic E-state index is 0.144. The number of imidazole rings is 2. The van der Waals surface area contributed by atoms with Gasteiger partial charge in [-0.05, 0) is 77.9 Å². The Morgan fingerprint density at radius 2 is 1.70 bits per heavy atom. The van der Waals surface area contributed by atoms with Gasteiger partial charge in [-0.15, -0.1) is 10.2 Å². The van der Waals surface area contributed by atoms with Gasteiger partial charge in [0.25, 0.3) is 0 Å². The minimum Gasteiger partial charge on any atom is -0.488 e. The Morgan fingerprint density at radius 3 is 2.41 bits per heavy atom. The van der Waals surface area contributed by atoms with Gasteiger partial charge in [-0.3, -0.25) is 9.59 Å². The number of ether oxygens (including phenoxy) is 3. The Labute approximate surface area is 392 Å². The van der Waals surface area contributed by atoms with Crippen LogP contribution >= 0.6 is 0 Å². The average Bonchev–Trinajstić information content (AvgIpc) is 4.11. The van der Waals surface area contributed by atoms with Crippen LogP contribution in [0.15, 0.2) is 48.7 Å². The molecule has 319 valence electrons. The number of amides is 4.